The molecule has 9 heteroatoms. The number of amides is 1. The van der Waals surface area contributed by atoms with Crippen molar-refractivity contribution in [3.8, 4) is 0 Å². The number of aliphatic hydroxyl groups excluding tert-OH is 4. The fraction of sp³-hybridized carbons (Fsp3) is 0.929. The van der Waals surface area contributed by atoms with Gasteiger partial charge in [0.2, 0.25) is 5.79 Å². The predicted molar refractivity (Wildman–Crippen MR) is 74.3 cm³/mol. The van der Waals surface area contributed by atoms with Crippen molar-refractivity contribution in [3.63, 3.8) is 0 Å². The molecule has 3 aliphatic rings. The quantitative estimate of drug-likeness (QED) is 0.465. The third-order valence-electron chi connectivity index (χ3n) is 4.97. The van der Waals surface area contributed by atoms with Crippen molar-refractivity contribution in [2.75, 3.05) is 20.3 Å². The average Bonchev–Trinajstić information content (AvgIpc) is 3.07. The van der Waals surface area contributed by atoms with Gasteiger partial charge in [0, 0.05) is 20.1 Å². The third-order valence-corrected chi connectivity index (χ3v) is 4.97. The normalized spacial score (nSPS) is 47.9. The molecule has 132 valence electrons. The summed E-state index contributed by atoms with van der Waals surface area (Å²) in [6.07, 6.45) is -5.06. The first-order valence-corrected chi connectivity index (χ1v) is 7.80. The van der Waals surface area contributed by atoms with Gasteiger partial charge in [0.15, 0.2) is 0 Å². The molecule has 0 unspecified atom stereocenters. The Morgan fingerprint density at radius 2 is 2.04 bits per heavy atom. The Bertz CT molecular complexity index is 454. The average molecular weight is 333 g/mol. The number of likely N-dealkylation sites (N-methyl/N-ethyl adjacent to an activating group) is 1. The van der Waals surface area contributed by atoms with Gasteiger partial charge in [-0.3, -0.25) is 0 Å². The first kappa shape index (κ1) is 16.9. The predicted octanol–water partition coefficient (Wildman–Crippen LogP) is -1.82. The second-order valence-electron chi connectivity index (χ2n) is 6.38. The van der Waals surface area contributed by atoms with Gasteiger partial charge in [-0.1, -0.05) is 0 Å². The van der Waals surface area contributed by atoms with Gasteiger partial charge in [-0.05, 0) is 12.8 Å². The van der Waals surface area contributed by atoms with Gasteiger partial charge in [0.25, 0.3) is 0 Å². The molecule has 4 N–H and O–H groups in total. The smallest absolute Gasteiger partial charge is 0.412 e. The second-order valence-corrected chi connectivity index (χ2v) is 6.38. The zero-order valence-electron chi connectivity index (χ0n) is 12.9. The van der Waals surface area contributed by atoms with Crippen molar-refractivity contribution in [2.45, 2.75) is 61.6 Å². The number of carbonyl (C=O) groups is 1. The fourth-order valence-corrected chi connectivity index (χ4v) is 3.57. The number of hydrogen-bond donors (Lipinski definition) is 4. The highest BCUT2D eigenvalue weighted by Crippen LogP contribution is 2.40. The van der Waals surface area contributed by atoms with E-state index in [1.54, 1.807) is 7.05 Å². The summed E-state index contributed by atoms with van der Waals surface area (Å²) in [6, 6.07) is -0.393. The van der Waals surface area contributed by atoms with E-state index in [1.165, 1.54) is 4.90 Å². The zero-order chi connectivity index (χ0) is 16.8. The fourth-order valence-electron chi connectivity index (χ4n) is 3.57. The Labute approximate surface area is 133 Å². The van der Waals surface area contributed by atoms with Crippen LogP contribution >= 0.6 is 0 Å². The minimum absolute atomic E-state index is 0.0708. The van der Waals surface area contributed by atoms with Crippen LogP contribution in [0.25, 0.3) is 0 Å². The van der Waals surface area contributed by atoms with Crippen LogP contribution < -0.4 is 0 Å². The molecule has 1 amide bonds. The van der Waals surface area contributed by atoms with Crippen molar-refractivity contribution >= 4 is 6.09 Å². The summed E-state index contributed by atoms with van der Waals surface area (Å²) in [7, 11) is 1.57. The van der Waals surface area contributed by atoms with E-state index in [-0.39, 0.29) is 12.5 Å². The number of nitrogens with zero attached hydrogens (tertiary/aromatic N) is 1. The van der Waals surface area contributed by atoms with E-state index in [1.807, 2.05) is 0 Å². The molecule has 3 aliphatic heterocycles. The van der Waals surface area contributed by atoms with Crippen LogP contribution in [0.4, 0.5) is 4.79 Å². The summed E-state index contributed by atoms with van der Waals surface area (Å²) < 4.78 is 16.4. The van der Waals surface area contributed by atoms with Gasteiger partial charge < -0.3 is 39.5 Å². The molecule has 3 heterocycles. The summed E-state index contributed by atoms with van der Waals surface area (Å²) in [5.74, 6) is -1.81. The molecule has 9 nitrogen and oxygen atoms in total. The lowest BCUT2D eigenvalue weighted by Crippen LogP contribution is -2.71. The summed E-state index contributed by atoms with van der Waals surface area (Å²) in [5.41, 5.74) is 0. The first-order chi connectivity index (χ1) is 10.9. The largest absolute Gasteiger partial charge is 0.414 e. The van der Waals surface area contributed by atoms with E-state index in [0.717, 1.165) is 12.8 Å². The SMILES string of the molecule is CN1C(=O)O[C@]2(C[C@H]1[C@H]1CCCO1)O[C@H](CO)[C@@H](O)[C@H](O)[C@H]2O. The van der Waals surface area contributed by atoms with E-state index in [4.69, 9.17) is 14.2 Å². The molecule has 0 bridgehead atoms. The number of aliphatic hydroxyl groups is 4. The molecule has 0 aromatic heterocycles. The molecule has 23 heavy (non-hydrogen) atoms. The lowest BCUT2D eigenvalue weighted by atomic mass is 9.85. The van der Waals surface area contributed by atoms with Crippen LogP contribution in [0.15, 0.2) is 0 Å². The van der Waals surface area contributed by atoms with Crippen LogP contribution in [0.1, 0.15) is 19.3 Å². The molecule has 0 aromatic carbocycles. The second kappa shape index (κ2) is 6.15. The molecule has 1 spiro atoms. The molecular weight excluding hydrogens is 310 g/mol. The van der Waals surface area contributed by atoms with Crippen molar-refractivity contribution in [2.24, 2.45) is 0 Å². The third kappa shape index (κ3) is 2.71. The van der Waals surface area contributed by atoms with Gasteiger partial charge in [-0.25, -0.2) is 4.79 Å². The van der Waals surface area contributed by atoms with Crippen LogP contribution in [0.2, 0.25) is 0 Å². The highest BCUT2D eigenvalue weighted by molar-refractivity contribution is 5.69. The van der Waals surface area contributed by atoms with Crippen LogP contribution in [0.3, 0.4) is 0 Å². The Morgan fingerprint density at radius 3 is 2.65 bits per heavy atom. The van der Waals surface area contributed by atoms with E-state index in [0.29, 0.717) is 6.61 Å². The van der Waals surface area contributed by atoms with E-state index in [2.05, 4.69) is 0 Å². The zero-order valence-corrected chi connectivity index (χ0v) is 12.9. The lowest BCUT2D eigenvalue weighted by Gasteiger charge is -2.52. The minimum Gasteiger partial charge on any atom is -0.414 e. The maximum Gasteiger partial charge on any atom is 0.412 e. The number of ether oxygens (including phenoxy) is 3. The first-order valence-electron chi connectivity index (χ1n) is 7.80. The molecule has 0 aliphatic carbocycles. The van der Waals surface area contributed by atoms with Gasteiger partial charge in [0.1, 0.15) is 24.4 Å². The Balaban J connectivity index is 1.88. The monoisotopic (exact) mass is 333 g/mol. The van der Waals surface area contributed by atoms with E-state index >= 15 is 0 Å². The highest BCUT2D eigenvalue weighted by atomic mass is 16.7. The Hall–Kier alpha value is -0.970. The lowest BCUT2D eigenvalue weighted by molar-refractivity contribution is -0.361. The highest BCUT2D eigenvalue weighted by Gasteiger charge is 2.60. The molecule has 3 fully saturated rings. The standard InChI is InChI=1S/C14H23NO8/c1-15-7(8-3-2-4-21-8)5-14(23-13(15)20)12(19)11(18)10(17)9(6-16)22-14/h7-12,16-19H,2-6H2,1H3/t7-,8+,9+,10+,11-,12+,14-/m0/s1. The van der Waals surface area contributed by atoms with Gasteiger partial charge >= 0.3 is 6.09 Å². The van der Waals surface area contributed by atoms with Gasteiger partial charge in [0.05, 0.1) is 18.8 Å². The Morgan fingerprint density at radius 1 is 1.30 bits per heavy atom. The molecule has 0 radical (unpaired) electrons. The van der Waals surface area contributed by atoms with Crippen LogP contribution in [-0.4, -0.2) is 94.0 Å². The van der Waals surface area contributed by atoms with Crippen molar-refractivity contribution in [1.82, 2.24) is 4.90 Å². The van der Waals surface area contributed by atoms with Crippen LogP contribution in [-0.2, 0) is 14.2 Å². The molecule has 3 rings (SSSR count). The van der Waals surface area contributed by atoms with Gasteiger partial charge in [-0.15, -0.1) is 0 Å². The summed E-state index contributed by atoms with van der Waals surface area (Å²) in [5, 5.41) is 39.6. The molecular formula is C14H23NO8. The minimum atomic E-state index is -1.81. The van der Waals surface area contributed by atoms with Crippen molar-refractivity contribution < 1.29 is 39.4 Å². The molecule has 7 atom stereocenters. The topological polar surface area (TPSA) is 129 Å². The van der Waals surface area contributed by atoms with Crippen LogP contribution in [0, 0.1) is 0 Å². The van der Waals surface area contributed by atoms with E-state index in [9.17, 15) is 25.2 Å². The number of rotatable bonds is 2. The van der Waals surface area contributed by atoms with Crippen LogP contribution in [0.5, 0.6) is 0 Å². The molecule has 3 saturated heterocycles. The van der Waals surface area contributed by atoms with Crippen molar-refractivity contribution in [3.05, 3.63) is 0 Å². The summed E-state index contributed by atoms with van der Waals surface area (Å²) in [6.45, 7) is 0.0196. The molecule has 0 aromatic rings. The Kier molecular flexibility index (Phi) is 4.51. The van der Waals surface area contributed by atoms with Crippen molar-refractivity contribution in [1.29, 1.82) is 0 Å². The number of carbonyl (C=O) groups excluding carboxylic acids is 1. The van der Waals surface area contributed by atoms with Gasteiger partial charge in [-0.2, -0.15) is 0 Å². The van der Waals surface area contributed by atoms with E-state index < -0.39 is 48.9 Å². The molecule has 0 saturated carbocycles. The maximum atomic E-state index is 12.2. The maximum absolute atomic E-state index is 12.2. The summed E-state index contributed by atoms with van der Waals surface area (Å²) in [4.78, 5) is 13.6. The number of hydrogen-bond acceptors (Lipinski definition) is 8. The summed E-state index contributed by atoms with van der Waals surface area (Å²) >= 11 is 0.